The number of allylic oxidation sites excluding steroid dienone is 1. The van der Waals surface area contributed by atoms with Crippen molar-refractivity contribution in [3.8, 4) is 5.75 Å². The van der Waals surface area contributed by atoms with Crippen LogP contribution < -0.4 is 4.74 Å². The minimum atomic E-state index is 0.618. The van der Waals surface area contributed by atoms with Gasteiger partial charge in [-0.3, -0.25) is 0 Å². The summed E-state index contributed by atoms with van der Waals surface area (Å²) in [6.07, 6.45) is 3.86. The fraction of sp³-hybridized carbons (Fsp3) is 0.231. The molecule has 0 aliphatic carbocycles. The molecule has 0 atom stereocenters. The van der Waals surface area contributed by atoms with Gasteiger partial charge in [-0.2, -0.15) is 0 Å². The molecule has 0 saturated heterocycles. The number of hydrogen-bond acceptors (Lipinski definition) is 1. The van der Waals surface area contributed by atoms with Crippen LogP contribution in [-0.2, 0) is 0 Å². The fourth-order valence-corrected chi connectivity index (χ4v) is 1.08. The highest BCUT2D eigenvalue weighted by atomic mass is 16.5. The second-order valence-corrected chi connectivity index (χ2v) is 3.33. The van der Waals surface area contributed by atoms with Crippen molar-refractivity contribution < 1.29 is 4.74 Å². The van der Waals surface area contributed by atoms with E-state index in [2.05, 4.69) is 26.5 Å². The molecule has 1 rings (SSSR count). The molecule has 1 aromatic rings. The second-order valence-electron chi connectivity index (χ2n) is 3.33. The van der Waals surface area contributed by atoms with Crippen molar-refractivity contribution in [2.24, 2.45) is 0 Å². The lowest BCUT2D eigenvalue weighted by Gasteiger charge is -2.06. The van der Waals surface area contributed by atoms with Gasteiger partial charge in [0.1, 0.15) is 12.4 Å². The first-order chi connectivity index (χ1) is 6.74. The van der Waals surface area contributed by atoms with Gasteiger partial charge in [-0.1, -0.05) is 36.4 Å². The van der Waals surface area contributed by atoms with Crippen molar-refractivity contribution in [3.05, 3.63) is 48.1 Å². The van der Waals surface area contributed by atoms with E-state index >= 15 is 0 Å². The molecule has 1 nitrogen and oxygen atoms in total. The van der Waals surface area contributed by atoms with Gasteiger partial charge in [-0.25, -0.2) is 0 Å². The van der Waals surface area contributed by atoms with Crippen LogP contribution in [0.25, 0.3) is 6.08 Å². The minimum Gasteiger partial charge on any atom is -0.489 e. The summed E-state index contributed by atoms with van der Waals surface area (Å²) < 4.78 is 5.59. The molecule has 0 unspecified atom stereocenters. The zero-order chi connectivity index (χ0) is 10.4. The molecular formula is C13H16O. The Kier molecular flexibility index (Phi) is 3.99. The maximum absolute atomic E-state index is 5.59. The SMILES string of the molecule is C=Cc1ccccc1OCC=C(C)C. The molecule has 0 saturated carbocycles. The molecule has 1 heteroatoms. The van der Waals surface area contributed by atoms with E-state index in [0.29, 0.717) is 6.61 Å². The molecule has 74 valence electrons. The minimum absolute atomic E-state index is 0.618. The largest absolute Gasteiger partial charge is 0.489 e. The van der Waals surface area contributed by atoms with Gasteiger partial charge >= 0.3 is 0 Å². The quantitative estimate of drug-likeness (QED) is 0.655. The molecule has 0 amide bonds. The van der Waals surface area contributed by atoms with Crippen LogP contribution in [0.4, 0.5) is 0 Å². The van der Waals surface area contributed by atoms with Crippen LogP contribution in [-0.4, -0.2) is 6.61 Å². The lowest BCUT2D eigenvalue weighted by Crippen LogP contribution is -1.95. The van der Waals surface area contributed by atoms with Crippen molar-refractivity contribution in [2.45, 2.75) is 13.8 Å². The van der Waals surface area contributed by atoms with E-state index in [1.54, 1.807) is 6.08 Å². The van der Waals surface area contributed by atoms with E-state index < -0.39 is 0 Å². The molecule has 0 radical (unpaired) electrons. The van der Waals surface area contributed by atoms with Gasteiger partial charge in [0.2, 0.25) is 0 Å². The van der Waals surface area contributed by atoms with Gasteiger partial charge in [0.15, 0.2) is 0 Å². The fourth-order valence-electron chi connectivity index (χ4n) is 1.08. The van der Waals surface area contributed by atoms with Crippen LogP contribution in [0.1, 0.15) is 19.4 Å². The zero-order valence-electron chi connectivity index (χ0n) is 8.79. The van der Waals surface area contributed by atoms with Crippen molar-refractivity contribution in [3.63, 3.8) is 0 Å². The van der Waals surface area contributed by atoms with Gasteiger partial charge < -0.3 is 4.74 Å². The van der Waals surface area contributed by atoms with Crippen LogP contribution in [0, 0.1) is 0 Å². The summed E-state index contributed by atoms with van der Waals surface area (Å²) in [5.41, 5.74) is 2.30. The molecule has 0 N–H and O–H groups in total. The molecule has 0 aliphatic rings. The highest BCUT2D eigenvalue weighted by Gasteiger charge is 1.96. The van der Waals surface area contributed by atoms with Crippen molar-refractivity contribution in [1.82, 2.24) is 0 Å². The lowest BCUT2D eigenvalue weighted by molar-refractivity contribution is 0.361. The third-order valence-electron chi connectivity index (χ3n) is 1.87. The van der Waals surface area contributed by atoms with E-state index in [0.717, 1.165) is 11.3 Å². The molecule has 0 fully saturated rings. The van der Waals surface area contributed by atoms with Crippen LogP contribution in [0.5, 0.6) is 5.75 Å². The molecule has 1 aromatic carbocycles. The summed E-state index contributed by atoms with van der Waals surface area (Å²) in [7, 11) is 0. The second kappa shape index (κ2) is 5.28. The Morgan fingerprint density at radius 3 is 2.71 bits per heavy atom. The van der Waals surface area contributed by atoms with Crippen LogP contribution in [0.2, 0.25) is 0 Å². The molecule has 14 heavy (non-hydrogen) atoms. The number of hydrogen-bond donors (Lipinski definition) is 0. The maximum atomic E-state index is 5.59. The van der Waals surface area contributed by atoms with E-state index in [9.17, 15) is 0 Å². The highest BCUT2D eigenvalue weighted by Crippen LogP contribution is 2.18. The molecule has 0 spiro atoms. The van der Waals surface area contributed by atoms with Crippen LogP contribution in [0.3, 0.4) is 0 Å². The third-order valence-corrected chi connectivity index (χ3v) is 1.87. The molecule has 0 aromatic heterocycles. The Bertz CT molecular complexity index is 333. The van der Waals surface area contributed by atoms with E-state index in [1.165, 1.54) is 5.57 Å². The Balaban J connectivity index is 2.66. The van der Waals surface area contributed by atoms with Gasteiger partial charge in [-0.15, -0.1) is 0 Å². The summed E-state index contributed by atoms with van der Waals surface area (Å²) in [6, 6.07) is 7.89. The first kappa shape index (κ1) is 10.6. The number of ether oxygens (including phenoxy) is 1. The average molecular weight is 188 g/mol. The monoisotopic (exact) mass is 188 g/mol. The summed E-state index contributed by atoms with van der Waals surface area (Å²) in [5.74, 6) is 0.889. The predicted molar refractivity (Wildman–Crippen MR) is 61.5 cm³/mol. The molecule has 0 bridgehead atoms. The van der Waals surface area contributed by atoms with Gasteiger partial charge in [0.05, 0.1) is 0 Å². The Labute approximate surface area is 85.7 Å². The topological polar surface area (TPSA) is 9.23 Å². The number of para-hydroxylation sites is 1. The van der Waals surface area contributed by atoms with Crippen LogP contribution >= 0.6 is 0 Å². The smallest absolute Gasteiger partial charge is 0.126 e. The first-order valence-corrected chi connectivity index (χ1v) is 4.71. The Morgan fingerprint density at radius 1 is 1.36 bits per heavy atom. The number of benzene rings is 1. The normalized spacial score (nSPS) is 9.29. The van der Waals surface area contributed by atoms with Gasteiger partial charge in [0.25, 0.3) is 0 Å². The summed E-state index contributed by atoms with van der Waals surface area (Å²) in [5, 5.41) is 0. The maximum Gasteiger partial charge on any atom is 0.126 e. The molecule has 0 heterocycles. The van der Waals surface area contributed by atoms with E-state index in [1.807, 2.05) is 24.3 Å². The van der Waals surface area contributed by atoms with Crippen molar-refractivity contribution in [1.29, 1.82) is 0 Å². The van der Waals surface area contributed by atoms with Gasteiger partial charge in [-0.05, 0) is 26.0 Å². The highest BCUT2D eigenvalue weighted by molar-refractivity contribution is 5.55. The third kappa shape index (κ3) is 3.09. The first-order valence-electron chi connectivity index (χ1n) is 4.71. The van der Waals surface area contributed by atoms with Gasteiger partial charge in [0, 0.05) is 5.56 Å². The van der Waals surface area contributed by atoms with Crippen LogP contribution in [0.15, 0.2) is 42.5 Å². The Morgan fingerprint density at radius 2 is 2.07 bits per heavy atom. The molecular weight excluding hydrogens is 172 g/mol. The summed E-state index contributed by atoms with van der Waals surface area (Å²) in [4.78, 5) is 0. The number of rotatable bonds is 4. The Hall–Kier alpha value is -1.50. The zero-order valence-corrected chi connectivity index (χ0v) is 8.79. The van der Waals surface area contributed by atoms with Crippen molar-refractivity contribution in [2.75, 3.05) is 6.61 Å². The summed E-state index contributed by atoms with van der Waals surface area (Å²) >= 11 is 0. The standard InChI is InChI=1S/C13H16O/c1-4-12-7-5-6-8-13(12)14-10-9-11(2)3/h4-9H,1,10H2,2-3H3. The predicted octanol–water partition coefficient (Wildman–Crippen LogP) is 3.67. The summed E-state index contributed by atoms with van der Waals surface area (Å²) in [6.45, 7) is 8.47. The van der Waals surface area contributed by atoms with E-state index in [4.69, 9.17) is 4.74 Å². The lowest BCUT2D eigenvalue weighted by atomic mass is 10.2. The van der Waals surface area contributed by atoms with E-state index in [-0.39, 0.29) is 0 Å². The molecule has 0 aliphatic heterocycles. The van der Waals surface area contributed by atoms with Crippen molar-refractivity contribution >= 4 is 6.08 Å². The average Bonchev–Trinajstić information content (AvgIpc) is 2.18.